The summed E-state index contributed by atoms with van der Waals surface area (Å²) in [7, 11) is 0. The van der Waals surface area contributed by atoms with Gasteiger partial charge in [0.25, 0.3) is 0 Å². The summed E-state index contributed by atoms with van der Waals surface area (Å²) in [5.74, 6) is -1.30. The Morgan fingerprint density at radius 1 is 1.06 bits per heavy atom. The quantitative estimate of drug-likeness (QED) is 0.486. The highest BCUT2D eigenvalue weighted by Crippen LogP contribution is 2.36. The normalized spacial score (nSPS) is 29.0. The van der Waals surface area contributed by atoms with Gasteiger partial charge in [0.1, 0.15) is 24.1 Å². The zero-order valence-corrected chi connectivity index (χ0v) is 18.9. The number of rotatable bonds is 7. The van der Waals surface area contributed by atoms with Gasteiger partial charge in [-0.1, -0.05) is 60.7 Å². The van der Waals surface area contributed by atoms with Crippen LogP contribution in [0.1, 0.15) is 24.3 Å². The van der Waals surface area contributed by atoms with Crippen LogP contribution in [0.5, 0.6) is 0 Å². The molecule has 0 bridgehead atoms. The average Bonchev–Trinajstić information content (AvgIpc) is 2.84. The number of amides is 1. The Labute approximate surface area is 197 Å². The van der Waals surface area contributed by atoms with Crippen LogP contribution in [-0.2, 0) is 39.9 Å². The summed E-state index contributed by atoms with van der Waals surface area (Å²) in [6.07, 6.45) is -3.75. The second-order valence-electron chi connectivity index (χ2n) is 7.83. The number of fused-ring (bicyclic) bond motifs is 1. The third-order valence-electron chi connectivity index (χ3n) is 5.41. The van der Waals surface area contributed by atoms with Gasteiger partial charge in [-0.15, -0.1) is 11.6 Å². The standard InChI is InChI=1S/C24H26ClNO7/c1-15(27)26-20-22(32-19(28)12-25)21-18(14-30-23(33-21)17-10-6-3-7-11-17)31-24(20)29-13-16-8-4-2-5-9-16/h2-11,18,20-24H,12-14H2,1H3,(H,26,27)/t18-,20-,21+,22+,23+,24+/m0/s1. The van der Waals surface area contributed by atoms with Crippen molar-refractivity contribution in [1.82, 2.24) is 5.32 Å². The van der Waals surface area contributed by atoms with Gasteiger partial charge in [-0.25, -0.2) is 0 Å². The largest absolute Gasteiger partial charge is 0.456 e. The Kier molecular flexibility index (Phi) is 7.95. The summed E-state index contributed by atoms with van der Waals surface area (Å²) >= 11 is 5.71. The van der Waals surface area contributed by atoms with Crippen molar-refractivity contribution in [3.05, 3.63) is 71.8 Å². The molecule has 1 N–H and O–H groups in total. The highest BCUT2D eigenvalue weighted by Gasteiger charge is 2.52. The average molecular weight is 476 g/mol. The molecular formula is C24H26ClNO7. The number of carbonyl (C=O) groups is 2. The van der Waals surface area contributed by atoms with Crippen LogP contribution in [0.2, 0.25) is 0 Å². The SMILES string of the molecule is CC(=O)N[C@@H]1[C@H](OCc2ccccc2)O[C@H]2CO[C@@H](c3ccccc3)O[C@H]2[C@@H]1OC(=O)CCl. The highest BCUT2D eigenvalue weighted by molar-refractivity contribution is 6.26. The van der Waals surface area contributed by atoms with Crippen molar-refractivity contribution in [2.75, 3.05) is 12.5 Å². The third kappa shape index (κ3) is 5.90. The van der Waals surface area contributed by atoms with Gasteiger partial charge in [-0.2, -0.15) is 0 Å². The fraction of sp³-hybridized carbons (Fsp3) is 0.417. The van der Waals surface area contributed by atoms with Gasteiger partial charge in [-0.3, -0.25) is 9.59 Å². The van der Waals surface area contributed by atoms with Crippen LogP contribution >= 0.6 is 11.6 Å². The Balaban J connectivity index is 1.58. The monoisotopic (exact) mass is 475 g/mol. The smallest absolute Gasteiger partial charge is 0.321 e. The van der Waals surface area contributed by atoms with Crippen molar-refractivity contribution in [1.29, 1.82) is 0 Å². The van der Waals surface area contributed by atoms with Gasteiger partial charge in [0.2, 0.25) is 5.91 Å². The molecule has 0 saturated carbocycles. The van der Waals surface area contributed by atoms with Crippen LogP contribution in [0.4, 0.5) is 0 Å². The van der Waals surface area contributed by atoms with Crippen LogP contribution in [0, 0.1) is 0 Å². The van der Waals surface area contributed by atoms with Gasteiger partial charge < -0.3 is 29.0 Å². The van der Waals surface area contributed by atoms with Crippen LogP contribution in [0.15, 0.2) is 60.7 Å². The molecule has 2 saturated heterocycles. The molecular weight excluding hydrogens is 450 g/mol. The van der Waals surface area contributed by atoms with E-state index in [1.54, 1.807) is 0 Å². The Morgan fingerprint density at radius 2 is 1.76 bits per heavy atom. The summed E-state index contributed by atoms with van der Waals surface area (Å²) in [6, 6.07) is 18.2. The lowest BCUT2D eigenvalue weighted by molar-refractivity contribution is -0.346. The molecule has 4 rings (SSSR count). The first-order chi connectivity index (χ1) is 16.0. The summed E-state index contributed by atoms with van der Waals surface area (Å²) in [5, 5.41) is 2.81. The number of benzene rings is 2. The third-order valence-corrected chi connectivity index (χ3v) is 5.63. The van der Waals surface area contributed by atoms with E-state index < -0.39 is 42.9 Å². The van der Waals surface area contributed by atoms with Gasteiger partial charge >= 0.3 is 5.97 Å². The van der Waals surface area contributed by atoms with Crippen molar-refractivity contribution >= 4 is 23.5 Å². The van der Waals surface area contributed by atoms with Crippen LogP contribution < -0.4 is 5.32 Å². The van der Waals surface area contributed by atoms with Crippen molar-refractivity contribution in [2.45, 2.75) is 50.5 Å². The number of nitrogens with one attached hydrogen (secondary N) is 1. The van der Waals surface area contributed by atoms with Crippen molar-refractivity contribution in [2.24, 2.45) is 0 Å². The minimum Gasteiger partial charge on any atom is -0.456 e. The van der Waals surface area contributed by atoms with Crippen LogP contribution in [0.25, 0.3) is 0 Å². The Morgan fingerprint density at radius 3 is 2.42 bits per heavy atom. The van der Waals surface area contributed by atoms with Gasteiger partial charge in [0.05, 0.1) is 13.2 Å². The second kappa shape index (κ2) is 11.1. The lowest BCUT2D eigenvalue weighted by Gasteiger charge is -2.48. The van der Waals surface area contributed by atoms with Gasteiger partial charge in [0, 0.05) is 12.5 Å². The molecule has 0 aromatic heterocycles. The molecule has 0 unspecified atom stereocenters. The van der Waals surface area contributed by atoms with Crippen molar-refractivity contribution in [3.8, 4) is 0 Å². The number of hydrogen-bond acceptors (Lipinski definition) is 7. The molecule has 2 aliphatic rings. The number of esters is 1. The maximum atomic E-state index is 12.2. The zero-order chi connectivity index (χ0) is 23.2. The van der Waals surface area contributed by atoms with E-state index in [0.717, 1.165) is 11.1 Å². The molecule has 0 aliphatic carbocycles. The molecule has 33 heavy (non-hydrogen) atoms. The fourth-order valence-corrected chi connectivity index (χ4v) is 4.02. The van der Waals surface area contributed by atoms with E-state index in [4.69, 9.17) is 35.3 Å². The minimum absolute atomic E-state index is 0.192. The van der Waals surface area contributed by atoms with Crippen LogP contribution in [0.3, 0.4) is 0 Å². The van der Waals surface area contributed by atoms with E-state index in [0.29, 0.717) is 0 Å². The summed E-state index contributed by atoms with van der Waals surface area (Å²) < 4.78 is 29.9. The summed E-state index contributed by atoms with van der Waals surface area (Å²) in [6.45, 7) is 1.80. The Hall–Kier alpha value is -2.49. The lowest BCUT2D eigenvalue weighted by Crippen LogP contribution is -2.67. The zero-order valence-electron chi connectivity index (χ0n) is 18.1. The number of ether oxygens (including phenoxy) is 5. The maximum Gasteiger partial charge on any atom is 0.321 e. The number of hydrogen-bond donors (Lipinski definition) is 1. The van der Waals surface area contributed by atoms with Gasteiger partial charge in [0.15, 0.2) is 18.7 Å². The second-order valence-corrected chi connectivity index (χ2v) is 8.10. The highest BCUT2D eigenvalue weighted by atomic mass is 35.5. The number of carbonyl (C=O) groups excluding carboxylic acids is 2. The number of halogens is 1. The minimum atomic E-state index is -0.899. The maximum absolute atomic E-state index is 12.2. The predicted molar refractivity (Wildman–Crippen MR) is 118 cm³/mol. The van der Waals surface area contributed by atoms with Crippen LogP contribution in [-0.4, -0.2) is 55.0 Å². The first-order valence-corrected chi connectivity index (χ1v) is 11.2. The molecule has 2 aromatic rings. The van der Waals surface area contributed by atoms with Crippen molar-refractivity contribution in [3.63, 3.8) is 0 Å². The molecule has 9 heteroatoms. The first-order valence-electron chi connectivity index (χ1n) is 10.7. The van der Waals surface area contributed by atoms with Crippen molar-refractivity contribution < 1.29 is 33.3 Å². The predicted octanol–water partition coefficient (Wildman–Crippen LogP) is 2.70. The van der Waals surface area contributed by atoms with Gasteiger partial charge in [-0.05, 0) is 5.56 Å². The van der Waals surface area contributed by atoms with E-state index in [-0.39, 0.29) is 25.0 Å². The first kappa shape index (κ1) is 23.7. The molecule has 0 radical (unpaired) electrons. The van der Waals surface area contributed by atoms with E-state index >= 15 is 0 Å². The van der Waals surface area contributed by atoms with E-state index in [1.807, 2.05) is 60.7 Å². The molecule has 2 aliphatic heterocycles. The molecule has 2 aromatic carbocycles. The number of alkyl halides is 1. The topological polar surface area (TPSA) is 92.3 Å². The summed E-state index contributed by atoms with van der Waals surface area (Å²) in [5.41, 5.74) is 1.75. The molecule has 1 amide bonds. The van der Waals surface area contributed by atoms with E-state index in [9.17, 15) is 9.59 Å². The van der Waals surface area contributed by atoms with E-state index in [1.165, 1.54) is 6.92 Å². The fourth-order valence-electron chi connectivity index (χ4n) is 3.96. The molecule has 2 heterocycles. The van der Waals surface area contributed by atoms with E-state index in [2.05, 4.69) is 5.32 Å². The summed E-state index contributed by atoms with van der Waals surface area (Å²) in [4.78, 5) is 24.2. The molecule has 6 atom stereocenters. The lowest BCUT2D eigenvalue weighted by atomic mass is 9.95. The molecule has 2 fully saturated rings. The molecule has 8 nitrogen and oxygen atoms in total. The molecule has 176 valence electrons. The molecule has 0 spiro atoms. The Bertz CT molecular complexity index is 929.